The Bertz CT molecular complexity index is 276. The van der Waals surface area contributed by atoms with Gasteiger partial charge < -0.3 is 9.90 Å². The second-order valence-corrected chi connectivity index (χ2v) is 3.95. The van der Waals surface area contributed by atoms with E-state index in [0.717, 1.165) is 15.3 Å². The molecule has 0 aromatic carbocycles. The van der Waals surface area contributed by atoms with Crippen molar-refractivity contribution >= 4 is 17.3 Å². The summed E-state index contributed by atoms with van der Waals surface area (Å²) in [6.07, 6.45) is 0.0379. The Morgan fingerprint density at radius 3 is 2.64 bits per heavy atom. The van der Waals surface area contributed by atoms with E-state index in [0.29, 0.717) is 0 Å². The Morgan fingerprint density at radius 1 is 1.64 bits per heavy atom. The van der Waals surface area contributed by atoms with E-state index >= 15 is 0 Å². The van der Waals surface area contributed by atoms with Crippen molar-refractivity contribution in [1.29, 1.82) is 0 Å². The highest BCUT2D eigenvalue weighted by Crippen LogP contribution is 2.20. The maximum absolute atomic E-state index is 10.2. The van der Waals surface area contributed by atoms with Crippen molar-refractivity contribution in [1.82, 2.24) is 0 Å². The zero-order chi connectivity index (χ0) is 8.43. The van der Waals surface area contributed by atoms with E-state index in [1.807, 2.05) is 19.9 Å². The van der Waals surface area contributed by atoms with Crippen LogP contribution >= 0.6 is 11.3 Å². The van der Waals surface area contributed by atoms with Gasteiger partial charge in [-0.2, -0.15) is 0 Å². The lowest BCUT2D eigenvalue weighted by Crippen LogP contribution is -2.24. The van der Waals surface area contributed by atoms with Crippen LogP contribution in [-0.2, 0) is 11.2 Å². The Kier molecular flexibility index (Phi) is 2.29. The molecular formula is C8H9O2S-. The number of carboxylic acids is 1. The van der Waals surface area contributed by atoms with Crippen molar-refractivity contribution < 1.29 is 9.90 Å². The van der Waals surface area contributed by atoms with Crippen LogP contribution < -0.4 is 5.11 Å². The SMILES string of the molecule is Cc1cc(CC(=O)[O-])c(C)s1. The van der Waals surface area contributed by atoms with Crippen LogP contribution in [0.25, 0.3) is 0 Å². The third-order valence-corrected chi connectivity index (χ3v) is 2.49. The Labute approximate surface area is 69.5 Å². The summed E-state index contributed by atoms with van der Waals surface area (Å²) in [5.41, 5.74) is 0.882. The third-order valence-electron chi connectivity index (χ3n) is 1.48. The van der Waals surface area contributed by atoms with Crippen molar-refractivity contribution in [2.24, 2.45) is 0 Å². The minimum Gasteiger partial charge on any atom is -0.550 e. The van der Waals surface area contributed by atoms with Crippen LogP contribution in [0.1, 0.15) is 15.3 Å². The number of rotatable bonds is 2. The largest absolute Gasteiger partial charge is 0.550 e. The second-order valence-electron chi connectivity index (χ2n) is 2.49. The molecule has 0 saturated heterocycles. The maximum Gasteiger partial charge on any atom is 0.0458 e. The molecule has 3 heteroatoms. The number of carbonyl (C=O) groups excluding carboxylic acids is 1. The number of aryl methyl sites for hydroxylation is 2. The Hall–Kier alpha value is -0.830. The standard InChI is InChI=1S/C8H10O2S/c1-5-3-7(4-8(9)10)6(2)11-5/h3H,4H2,1-2H3,(H,9,10)/p-1. The summed E-state index contributed by atoms with van der Waals surface area (Å²) in [6.45, 7) is 3.90. The van der Waals surface area contributed by atoms with Crippen LogP contribution in [0.2, 0.25) is 0 Å². The van der Waals surface area contributed by atoms with Crippen LogP contribution in [0.3, 0.4) is 0 Å². The fraction of sp³-hybridized carbons (Fsp3) is 0.375. The normalized spacial score (nSPS) is 10.0. The van der Waals surface area contributed by atoms with Gasteiger partial charge in [-0.05, 0) is 25.5 Å². The summed E-state index contributed by atoms with van der Waals surface area (Å²) >= 11 is 1.62. The molecule has 0 bridgehead atoms. The first-order valence-corrected chi connectivity index (χ1v) is 4.17. The van der Waals surface area contributed by atoms with Crippen molar-refractivity contribution in [2.75, 3.05) is 0 Å². The van der Waals surface area contributed by atoms with E-state index in [9.17, 15) is 9.90 Å². The number of aliphatic carboxylic acids is 1. The molecule has 60 valence electrons. The fourth-order valence-electron chi connectivity index (χ4n) is 1.01. The molecule has 0 radical (unpaired) electrons. The van der Waals surface area contributed by atoms with Gasteiger partial charge in [0.25, 0.3) is 0 Å². The van der Waals surface area contributed by atoms with Crippen LogP contribution in [-0.4, -0.2) is 5.97 Å². The van der Waals surface area contributed by atoms with Crippen LogP contribution in [0.5, 0.6) is 0 Å². The average Bonchev–Trinajstić information content (AvgIpc) is 2.09. The number of carboxylic acid groups (broad SMARTS) is 1. The first-order chi connectivity index (χ1) is 5.09. The molecule has 11 heavy (non-hydrogen) atoms. The van der Waals surface area contributed by atoms with E-state index in [2.05, 4.69) is 0 Å². The molecule has 0 aliphatic rings. The second kappa shape index (κ2) is 3.05. The van der Waals surface area contributed by atoms with E-state index in [1.54, 1.807) is 11.3 Å². The van der Waals surface area contributed by atoms with Gasteiger partial charge in [-0.15, -0.1) is 11.3 Å². The summed E-state index contributed by atoms with van der Waals surface area (Å²) in [6, 6.07) is 1.90. The monoisotopic (exact) mass is 169 g/mol. The Morgan fingerprint density at radius 2 is 2.27 bits per heavy atom. The number of thiophene rings is 1. The molecule has 0 aliphatic carbocycles. The molecule has 0 N–H and O–H groups in total. The molecule has 1 heterocycles. The summed E-state index contributed by atoms with van der Waals surface area (Å²) < 4.78 is 0. The van der Waals surface area contributed by atoms with Gasteiger partial charge in [-0.3, -0.25) is 0 Å². The summed E-state index contributed by atoms with van der Waals surface area (Å²) in [5, 5.41) is 10.2. The van der Waals surface area contributed by atoms with Crippen molar-refractivity contribution in [3.63, 3.8) is 0 Å². The number of hydrogen-bond acceptors (Lipinski definition) is 3. The van der Waals surface area contributed by atoms with Gasteiger partial charge in [0.1, 0.15) is 0 Å². The molecule has 2 nitrogen and oxygen atoms in total. The highest BCUT2D eigenvalue weighted by atomic mass is 32.1. The maximum atomic E-state index is 10.2. The van der Waals surface area contributed by atoms with E-state index in [4.69, 9.17) is 0 Å². The van der Waals surface area contributed by atoms with Crippen molar-refractivity contribution in [2.45, 2.75) is 20.3 Å². The molecule has 1 rings (SSSR count). The topological polar surface area (TPSA) is 40.1 Å². The van der Waals surface area contributed by atoms with Crippen molar-refractivity contribution in [3.05, 3.63) is 21.4 Å². The summed E-state index contributed by atoms with van der Waals surface area (Å²) in [7, 11) is 0. The van der Waals surface area contributed by atoms with Gasteiger partial charge in [-0.25, -0.2) is 0 Å². The van der Waals surface area contributed by atoms with Gasteiger partial charge in [-0.1, -0.05) is 0 Å². The van der Waals surface area contributed by atoms with Gasteiger partial charge in [0.15, 0.2) is 0 Å². The first-order valence-electron chi connectivity index (χ1n) is 3.35. The average molecular weight is 169 g/mol. The molecule has 1 aromatic heterocycles. The van der Waals surface area contributed by atoms with Crippen LogP contribution in [0, 0.1) is 13.8 Å². The minimum atomic E-state index is -1.01. The number of hydrogen-bond donors (Lipinski definition) is 0. The zero-order valence-corrected chi connectivity index (χ0v) is 7.33. The molecule has 0 spiro atoms. The van der Waals surface area contributed by atoms with E-state index < -0.39 is 5.97 Å². The summed E-state index contributed by atoms with van der Waals surface area (Å²) in [4.78, 5) is 12.5. The third kappa shape index (κ3) is 2.05. The number of carbonyl (C=O) groups is 1. The molecule has 0 aliphatic heterocycles. The Balaban J connectivity index is 2.85. The van der Waals surface area contributed by atoms with E-state index in [-0.39, 0.29) is 6.42 Å². The van der Waals surface area contributed by atoms with E-state index in [1.165, 1.54) is 0 Å². The minimum absolute atomic E-state index is 0.0379. The lowest BCUT2D eigenvalue weighted by atomic mass is 10.2. The molecule has 0 fully saturated rings. The highest BCUT2D eigenvalue weighted by molar-refractivity contribution is 7.12. The van der Waals surface area contributed by atoms with Crippen LogP contribution in [0.15, 0.2) is 6.07 Å². The smallest absolute Gasteiger partial charge is 0.0458 e. The lowest BCUT2D eigenvalue weighted by Gasteiger charge is -1.99. The molecular weight excluding hydrogens is 160 g/mol. The first kappa shape index (κ1) is 8.27. The molecule has 0 amide bonds. The van der Waals surface area contributed by atoms with Crippen molar-refractivity contribution in [3.8, 4) is 0 Å². The van der Waals surface area contributed by atoms with Gasteiger partial charge in [0.05, 0.1) is 0 Å². The van der Waals surface area contributed by atoms with Crippen LogP contribution in [0.4, 0.5) is 0 Å². The van der Waals surface area contributed by atoms with Gasteiger partial charge in [0.2, 0.25) is 0 Å². The highest BCUT2D eigenvalue weighted by Gasteiger charge is 2.01. The fourth-order valence-corrected chi connectivity index (χ4v) is 1.96. The molecule has 0 unspecified atom stereocenters. The molecule has 0 atom stereocenters. The van der Waals surface area contributed by atoms with Gasteiger partial charge in [0, 0.05) is 22.1 Å². The predicted molar refractivity (Wildman–Crippen MR) is 42.5 cm³/mol. The van der Waals surface area contributed by atoms with Gasteiger partial charge >= 0.3 is 0 Å². The molecule has 0 saturated carbocycles. The summed E-state index contributed by atoms with van der Waals surface area (Å²) in [5.74, 6) is -1.01. The lowest BCUT2D eigenvalue weighted by molar-refractivity contribution is -0.304. The molecule has 1 aromatic rings. The quantitative estimate of drug-likeness (QED) is 0.652. The zero-order valence-electron chi connectivity index (χ0n) is 6.51. The predicted octanol–water partition coefficient (Wildman–Crippen LogP) is 0.657.